The Bertz CT molecular complexity index is 137. The first-order chi connectivity index (χ1) is 5.93. The number of nitrogens with two attached hydrogens (primary N) is 1. The lowest BCUT2D eigenvalue weighted by molar-refractivity contribution is 0.169. The van der Waals surface area contributed by atoms with Crippen LogP contribution in [0.15, 0.2) is 0 Å². The summed E-state index contributed by atoms with van der Waals surface area (Å²) in [5.74, 6) is 0. The Balaban J connectivity index is 3.75. The third-order valence-electron chi connectivity index (χ3n) is 2.74. The zero-order valence-electron chi connectivity index (χ0n) is 9.38. The van der Waals surface area contributed by atoms with Crippen molar-refractivity contribution in [3.8, 4) is 0 Å². The summed E-state index contributed by atoms with van der Waals surface area (Å²) < 4.78 is 0. The second kappa shape index (κ2) is 5.58. The second-order valence-corrected chi connectivity index (χ2v) is 4.30. The third kappa shape index (κ3) is 5.24. The first kappa shape index (κ1) is 12.9. The first-order valence-electron chi connectivity index (χ1n) is 5.03. The average Bonchev–Trinajstić information content (AvgIpc) is 2.13. The Morgan fingerprint density at radius 3 is 2.46 bits per heavy atom. The first-order valence-corrected chi connectivity index (χ1v) is 5.03. The molecule has 3 N–H and O–H groups in total. The monoisotopic (exact) mass is 188 g/mol. The van der Waals surface area contributed by atoms with Gasteiger partial charge < -0.3 is 15.7 Å². The zero-order chi connectivity index (χ0) is 10.5. The molecular weight excluding hydrogens is 164 g/mol. The lowest BCUT2D eigenvalue weighted by Crippen LogP contribution is -2.44. The van der Waals surface area contributed by atoms with Crippen LogP contribution in [0.5, 0.6) is 0 Å². The lowest BCUT2D eigenvalue weighted by atomic mass is 10.0. The van der Waals surface area contributed by atoms with E-state index in [1.165, 1.54) is 0 Å². The Morgan fingerprint density at radius 1 is 1.54 bits per heavy atom. The molecule has 0 radical (unpaired) electrons. The molecule has 3 nitrogen and oxygen atoms in total. The largest absolute Gasteiger partial charge is 0.394 e. The number of rotatable bonds is 6. The predicted molar refractivity (Wildman–Crippen MR) is 56.7 cm³/mol. The fraction of sp³-hybridized carbons (Fsp3) is 1.00. The molecule has 0 heterocycles. The van der Waals surface area contributed by atoms with Gasteiger partial charge in [-0.25, -0.2) is 0 Å². The fourth-order valence-electron chi connectivity index (χ4n) is 1.04. The molecule has 0 rings (SSSR count). The number of hydrogen-bond acceptors (Lipinski definition) is 3. The van der Waals surface area contributed by atoms with E-state index >= 15 is 0 Å². The van der Waals surface area contributed by atoms with Crippen LogP contribution in [0, 0.1) is 0 Å². The standard InChI is InChI=1S/C10H24N2O/c1-5-9(2)12(4)7-6-10(3,11)8-13/h9,13H,5-8,11H2,1-4H3. The van der Waals surface area contributed by atoms with Crippen LogP contribution in [-0.4, -0.2) is 41.8 Å². The maximum Gasteiger partial charge on any atom is 0.0608 e. The number of nitrogens with zero attached hydrogens (tertiary/aromatic N) is 1. The molecule has 0 saturated heterocycles. The van der Waals surface area contributed by atoms with Crippen molar-refractivity contribution in [1.29, 1.82) is 0 Å². The highest BCUT2D eigenvalue weighted by molar-refractivity contribution is 4.79. The topological polar surface area (TPSA) is 49.5 Å². The summed E-state index contributed by atoms with van der Waals surface area (Å²) in [6, 6.07) is 0.592. The summed E-state index contributed by atoms with van der Waals surface area (Å²) >= 11 is 0. The molecule has 0 spiro atoms. The van der Waals surface area contributed by atoms with E-state index in [1.807, 2.05) is 6.92 Å². The highest BCUT2D eigenvalue weighted by Gasteiger charge is 2.18. The molecule has 0 aliphatic heterocycles. The van der Waals surface area contributed by atoms with E-state index in [9.17, 15) is 0 Å². The number of aliphatic hydroxyl groups excluding tert-OH is 1. The molecule has 0 aromatic heterocycles. The van der Waals surface area contributed by atoms with Crippen molar-refractivity contribution in [3.05, 3.63) is 0 Å². The van der Waals surface area contributed by atoms with Gasteiger partial charge in [-0.3, -0.25) is 0 Å². The van der Waals surface area contributed by atoms with Gasteiger partial charge in [-0.05, 0) is 40.3 Å². The Hall–Kier alpha value is -0.120. The summed E-state index contributed by atoms with van der Waals surface area (Å²) in [6.45, 7) is 7.27. The Labute approximate surface area is 81.9 Å². The Kier molecular flexibility index (Phi) is 5.53. The van der Waals surface area contributed by atoms with E-state index < -0.39 is 5.54 Å². The summed E-state index contributed by atoms with van der Waals surface area (Å²) in [7, 11) is 2.10. The van der Waals surface area contributed by atoms with Gasteiger partial charge in [0.1, 0.15) is 0 Å². The predicted octanol–water partition coefficient (Wildman–Crippen LogP) is 0.817. The minimum atomic E-state index is -0.429. The molecule has 0 aromatic rings. The average molecular weight is 188 g/mol. The summed E-state index contributed by atoms with van der Waals surface area (Å²) in [6.07, 6.45) is 1.99. The minimum Gasteiger partial charge on any atom is -0.394 e. The van der Waals surface area contributed by atoms with E-state index in [4.69, 9.17) is 10.8 Å². The van der Waals surface area contributed by atoms with E-state index in [-0.39, 0.29) is 6.61 Å². The van der Waals surface area contributed by atoms with Gasteiger partial charge in [0.05, 0.1) is 6.61 Å². The van der Waals surface area contributed by atoms with Crippen LogP contribution in [0.3, 0.4) is 0 Å². The number of hydrogen-bond donors (Lipinski definition) is 2. The fourth-order valence-corrected chi connectivity index (χ4v) is 1.04. The maximum absolute atomic E-state index is 8.96. The van der Waals surface area contributed by atoms with Crippen molar-refractivity contribution >= 4 is 0 Å². The van der Waals surface area contributed by atoms with E-state index in [2.05, 4.69) is 25.8 Å². The van der Waals surface area contributed by atoms with Gasteiger partial charge in [0.25, 0.3) is 0 Å². The molecule has 0 bridgehead atoms. The molecule has 3 heteroatoms. The van der Waals surface area contributed by atoms with Gasteiger partial charge in [-0.2, -0.15) is 0 Å². The van der Waals surface area contributed by atoms with Crippen molar-refractivity contribution in [1.82, 2.24) is 4.90 Å². The molecule has 0 saturated carbocycles. The van der Waals surface area contributed by atoms with Crippen molar-refractivity contribution in [3.63, 3.8) is 0 Å². The molecular formula is C10H24N2O. The van der Waals surface area contributed by atoms with Gasteiger partial charge >= 0.3 is 0 Å². The zero-order valence-corrected chi connectivity index (χ0v) is 9.38. The van der Waals surface area contributed by atoms with Crippen LogP contribution < -0.4 is 5.73 Å². The SMILES string of the molecule is CCC(C)N(C)CCC(C)(N)CO. The van der Waals surface area contributed by atoms with Crippen LogP contribution in [0.25, 0.3) is 0 Å². The summed E-state index contributed by atoms with van der Waals surface area (Å²) in [5, 5.41) is 8.96. The molecule has 13 heavy (non-hydrogen) atoms. The molecule has 0 amide bonds. The molecule has 0 aromatic carbocycles. The molecule has 0 fully saturated rings. The highest BCUT2D eigenvalue weighted by Crippen LogP contribution is 2.08. The molecule has 2 unspecified atom stereocenters. The van der Waals surface area contributed by atoms with Crippen LogP contribution in [-0.2, 0) is 0 Å². The van der Waals surface area contributed by atoms with Gasteiger partial charge in [-0.15, -0.1) is 0 Å². The van der Waals surface area contributed by atoms with Crippen molar-refractivity contribution < 1.29 is 5.11 Å². The van der Waals surface area contributed by atoms with Gasteiger partial charge in [-0.1, -0.05) is 6.92 Å². The molecule has 0 aliphatic rings. The Morgan fingerprint density at radius 2 is 2.08 bits per heavy atom. The van der Waals surface area contributed by atoms with E-state index in [1.54, 1.807) is 0 Å². The van der Waals surface area contributed by atoms with Crippen molar-refractivity contribution in [2.24, 2.45) is 5.73 Å². The van der Waals surface area contributed by atoms with Crippen LogP contribution in [0.2, 0.25) is 0 Å². The quantitative estimate of drug-likeness (QED) is 0.649. The van der Waals surface area contributed by atoms with E-state index in [0.29, 0.717) is 6.04 Å². The van der Waals surface area contributed by atoms with Gasteiger partial charge in [0, 0.05) is 11.6 Å². The second-order valence-electron chi connectivity index (χ2n) is 4.30. The minimum absolute atomic E-state index is 0.0569. The van der Waals surface area contributed by atoms with Gasteiger partial charge in [0.2, 0.25) is 0 Å². The lowest BCUT2D eigenvalue weighted by Gasteiger charge is -2.28. The summed E-state index contributed by atoms with van der Waals surface area (Å²) in [4.78, 5) is 2.28. The van der Waals surface area contributed by atoms with E-state index in [0.717, 1.165) is 19.4 Å². The van der Waals surface area contributed by atoms with Crippen LogP contribution >= 0.6 is 0 Å². The normalized spacial score (nSPS) is 18.7. The molecule has 0 aliphatic carbocycles. The molecule has 2 atom stereocenters. The van der Waals surface area contributed by atoms with Crippen LogP contribution in [0.4, 0.5) is 0 Å². The van der Waals surface area contributed by atoms with Crippen molar-refractivity contribution in [2.75, 3.05) is 20.2 Å². The molecule has 80 valence electrons. The third-order valence-corrected chi connectivity index (χ3v) is 2.74. The number of aliphatic hydroxyl groups is 1. The van der Waals surface area contributed by atoms with Crippen LogP contribution in [0.1, 0.15) is 33.6 Å². The maximum atomic E-state index is 8.96. The van der Waals surface area contributed by atoms with Crippen molar-refractivity contribution in [2.45, 2.75) is 45.2 Å². The summed E-state index contributed by atoms with van der Waals surface area (Å²) in [5.41, 5.74) is 5.40. The highest BCUT2D eigenvalue weighted by atomic mass is 16.3. The van der Waals surface area contributed by atoms with Gasteiger partial charge in [0.15, 0.2) is 0 Å². The smallest absolute Gasteiger partial charge is 0.0608 e.